The summed E-state index contributed by atoms with van der Waals surface area (Å²) in [5.74, 6) is 0. The Morgan fingerprint density at radius 3 is 2.86 bits per heavy atom. The topological polar surface area (TPSA) is 68.2 Å². The van der Waals surface area contributed by atoms with Crippen LogP contribution in [0.25, 0.3) is 0 Å². The minimum absolute atomic E-state index is 0.117. The summed E-state index contributed by atoms with van der Waals surface area (Å²) in [6.45, 7) is 0.940. The Hall–Kier alpha value is -0.920. The number of anilines is 1. The number of methoxy groups -OCH3 is 1. The molecule has 7 heteroatoms. The van der Waals surface area contributed by atoms with E-state index in [1.165, 1.54) is 17.5 Å². The van der Waals surface area contributed by atoms with E-state index < -0.39 is 0 Å². The van der Waals surface area contributed by atoms with Crippen molar-refractivity contribution >= 4 is 21.6 Å². The number of aromatic nitrogens is 2. The van der Waals surface area contributed by atoms with Gasteiger partial charge in [-0.15, -0.1) is 0 Å². The number of ether oxygens (including phenoxy) is 1. The maximum atomic E-state index is 12.2. The fraction of sp³-hybridized carbons (Fsp3) is 0.714. The molecule has 2 aliphatic heterocycles. The van der Waals surface area contributed by atoms with Gasteiger partial charge in [0.2, 0.25) is 0 Å². The van der Waals surface area contributed by atoms with Crippen molar-refractivity contribution < 1.29 is 4.74 Å². The van der Waals surface area contributed by atoms with Gasteiger partial charge in [-0.2, -0.15) is 5.10 Å². The molecule has 0 radical (unpaired) electrons. The molecule has 1 aromatic heterocycles. The van der Waals surface area contributed by atoms with Crippen molar-refractivity contribution in [1.82, 2.24) is 15.1 Å². The summed E-state index contributed by atoms with van der Waals surface area (Å²) in [6, 6.07) is 1.65. The van der Waals surface area contributed by atoms with E-state index in [0.29, 0.717) is 35.7 Å². The van der Waals surface area contributed by atoms with E-state index >= 15 is 0 Å². The van der Waals surface area contributed by atoms with Crippen molar-refractivity contribution in [3.05, 3.63) is 21.0 Å². The fourth-order valence-corrected chi connectivity index (χ4v) is 3.72. The molecule has 2 aliphatic rings. The lowest BCUT2D eigenvalue weighted by Crippen LogP contribution is -2.43. The second-order valence-corrected chi connectivity index (χ2v) is 6.64. The van der Waals surface area contributed by atoms with Gasteiger partial charge in [-0.25, -0.2) is 4.68 Å². The van der Waals surface area contributed by atoms with Crippen LogP contribution in [-0.2, 0) is 11.3 Å². The van der Waals surface area contributed by atoms with Gasteiger partial charge in [-0.05, 0) is 41.6 Å². The Morgan fingerprint density at radius 1 is 1.48 bits per heavy atom. The second-order valence-electron chi connectivity index (χ2n) is 5.84. The standard InChI is InChI=1S/C14H21BrN4O2/c1-21-5-4-19-14(20)13(15)12(8-16-19)18-11-6-9-2-3-10(7-11)17-9/h8-11,17-18H,2-7H2,1H3. The first kappa shape index (κ1) is 15.0. The molecule has 1 aromatic rings. The average Bonchev–Trinajstić information content (AvgIpc) is 2.82. The van der Waals surface area contributed by atoms with Gasteiger partial charge < -0.3 is 15.4 Å². The number of nitrogens with one attached hydrogen (secondary N) is 2. The molecule has 21 heavy (non-hydrogen) atoms. The van der Waals surface area contributed by atoms with E-state index in [9.17, 15) is 4.79 Å². The second kappa shape index (κ2) is 6.46. The van der Waals surface area contributed by atoms with Crippen molar-refractivity contribution in [2.24, 2.45) is 0 Å². The molecular formula is C14H21BrN4O2. The van der Waals surface area contributed by atoms with Crippen LogP contribution >= 0.6 is 15.9 Å². The third kappa shape index (κ3) is 3.30. The molecule has 2 saturated heterocycles. The summed E-state index contributed by atoms with van der Waals surface area (Å²) in [7, 11) is 1.61. The maximum Gasteiger partial charge on any atom is 0.283 e. The van der Waals surface area contributed by atoms with Crippen LogP contribution in [0.4, 0.5) is 5.69 Å². The third-order valence-corrected chi connectivity index (χ3v) is 5.09. The molecule has 3 heterocycles. The summed E-state index contributed by atoms with van der Waals surface area (Å²) in [6.07, 6.45) is 6.47. The first-order valence-electron chi connectivity index (χ1n) is 7.44. The van der Waals surface area contributed by atoms with Crippen LogP contribution < -0.4 is 16.2 Å². The number of hydrogen-bond donors (Lipinski definition) is 2. The van der Waals surface area contributed by atoms with Gasteiger partial charge in [0.1, 0.15) is 4.47 Å². The number of hydrogen-bond acceptors (Lipinski definition) is 5. The lowest BCUT2D eigenvalue weighted by molar-refractivity contribution is 0.181. The molecule has 2 bridgehead atoms. The van der Waals surface area contributed by atoms with Crippen molar-refractivity contribution in [3.8, 4) is 0 Å². The normalized spacial score (nSPS) is 27.8. The third-order valence-electron chi connectivity index (χ3n) is 4.32. The molecule has 0 amide bonds. The molecule has 2 N–H and O–H groups in total. The zero-order valence-corrected chi connectivity index (χ0v) is 13.7. The largest absolute Gasteiger partial charge is 0.383 e. The fourth-order valence-electron chi connectivity index (χ4n) is 3.30. The van der Waals surface area contributed by atoms with Gasteiger partial charge >= 0.3 is 0 Å². The first-order chi connectivity index (χ1) is 10.2. The van der Waals surface area contributed by atoms with Crippen LogP contribution in [0.1, 0.15) is 25.7 Å². The summed E-state index contributed by atoms with van der Waals surface area (Å²) in [4.78, 5) is 12.2. The lowest BCUT2D eigenvalue weighted by atomic mass is 10.00. The molecule has 116 valence electrons. The molecule has 0 saturated carbocycles. The highest BCUT2D eigenvalue weighted by molar-refractivity contribution is 9.10. The maximum absolute atomic E-state index is 12.2. The summed E-state index contributed by atoms with van der Waals surface area (Å²) in [5.41, 5.74) is 0.675. The Bertz CT molecular complexity index is 550. The van der Waals surface area contributed by atoms with Crippen molar-refractivity contribution in [2.75, 3.05) is 19.0 Å². The molecule has 0 aliphatic carbocycles. The smallest absolute Gasteiger partial charge is 0.283 e. The zero-order valence-electron chi connectivity index (χ0n) is 12.1. The van der Waals surface area contributed by atoms with E-state index in [-0.39, 0.29) is 5.56 Å². The number of halogens is 1. The van der Waals surface area contributed by atoms with Crippen LogP contribution in [0.3, 0.4) is 0 Å². The number of rotatable bonds is 5. The molecule has 2 atom stereocenters. The van der Waals surface area contributed by atoms with E-state index in [4.69, 9.17) is 4.74 Å². The van der Waals surface area contributed by atoms with Gasteiger partial charge in [0.25, 0.3) is 5.56 Å². The van der Waals surface area contributed by atoms with Gasteiger partial charge in [0, 0.05) is 25.2 Å². The molecule has 0 spiro atoms. The highest BCUT2D eigenvalue weighted by Gasteiger charge is 2.33. The van der Waals surface area contributed by atoms with Crippen molar-refractivity contribution in [3.63, 3.8) is 0 Å². The number of nitrogens with zero attached hydrogens (tertiary/aromatic N) is 2. The van der Waals surface area contributed by atoms with E-state index in [1.807, 2.05) is 0 Å². The van der Waals surface area contributed by atoms with Crippen LogP contribution in [0.5, 0.6) is 0 Å². The molecule has 0 aromatic carbocycles. The predicted molar refractivity (Wildman–Crippen MR) is 84.7 cm³/mol. The summed E-state index contributed by atoms with van der Waals surface area (Å²) < 4.78 is 6.96. The van der Waals surface area contributed by atoms with Crippen LogP contribution in [0.2, 0.25) is 0 Å². The zero-order chi connectivity index (χ0) is 14.8. The average molecular weight is 357 g/mol. The monoisotopic (exact) mass is 356 g/mol. The van der Waals surface area contributed by atoms with E-state index in [1.54, 1.807) is 13.3 Å². The quantitative estimate of drug-likeness (QED) is 0.833. The minimum Gasteiger partial charge on any atom is -0.383 e. The van der Waals surface area contributed by atoms with Gasteiger partial charge in [0.15, 0.2) is 0 Å². The molecule has 2 fully saturated rings. The number of fused-ring (bicyclic) bond motifs is 2. The van der Waals surface area contributed by atoms with Gasteiger partial charge in [-0.3, -0.25) is 4.79 Å². The van der Waals surface area contributed by atoms with E-state index in [0.717, 1.165) is 18.5 Å². The minimum atomic E-state index is -0.117. The van der Waals surface area contributed by atoms with Crippen LogP contribution in [0.15, 0.2) is 15.5 Å². The predicted octanol–water partition coefficient (Wildman–Crippen LogP) is 1.35. The van der Waals surface area contributed by atoms with Crippen molar-refractivity contribution in [2.45, 2.75) is 50.4 Å². The van der Waals surface area contributed by atoms with Crippen LogP contribution in [-0.4, -0.2) is 41.6 Å². The van der Waals surface area contributed by atoms with E-state index in [2.05, 4.69) is 31.7 Å². The SMILES string of the molecule is COCCn1ncc(NC2CC3CCC(C2)N3)c(Br)c1=O. The highest BCUT2D eigenvalue weighted by Crippen LogP contribution is 2.29. The highest BCUT2D eigenvalue weighted by atomic mass is 79.9. The first-order valence-corrected chi connectivity index (χ1v) is 8.24. The Balaban J connectivity index is 1.71. The van der Waals surface area contributed by atoms with Crippen LogP contribution in [0, 0.1) is 0 Å². The lowest BCUT2D eigenvalue weighted by Gasteiger charge is -2.30. The van der Waals surface area contributed by atoms with Gasteiger partial charge in [0.05, 0.1) is 25.0 Å². The molecule has 3 rings (SSSR count). The number of piperidine rings is 1. The molecule has 2 unspecified atom stereocenters. The summed E-state index contributed by atoms with van der Waals surface area (Å²) in [5, 5.41) is 11.3. The summed E-state index contributed by atoms with van der Waals surface area (Å²) >= 11 is 3.40. The van der Waals surface area contributed by atoms with Crippen molar-refractivity contribution in [1.29, 1.82) is 0 Å². The molecule has 6 nitrogen and oxygen atoms in total. The molecular weight excluding hydrogens is 336 g/mol. The van der Waals surface area contributed by atoms with Gasteiger partial charge in [-0.1, -0.05) is 0 Å². The Morgan fingerprint density at radius 2 is 2.19 bits per heavy atom. The Labute approximate surface area is 132 Å². The Kier molecular flexibility index (Phi) is 4.61.